The number of carbonyl (C=O) groups excluding carboxylic acids is 2. The van der Waals surface area contributed by atoms with Gasteiger partial charge in [-0.1, -0.05) is 0 Å². The van der Waals surface area contributed by atoms with E-state index in [2.05, 4.69) is 10.3 Å². The highest BCUT2D eigenvalue weighted by Gasteiger charge is 2.30. The maximum Gasteiger partial charge on any atom is 0.417 e. The lowest BCUT2D eigenvalue weighted by Gasteiger charge is -2.24. The summed E-state index contributed by atoms with van der Waals surface area (Å²) in [6.07, 6.45) is -3.84. The molecule has 4 rings (SSSR count). The van der Waals surface area contributed by atoms with Crippen LogP contribution in [-0.4, -0.2) is 47.9 Å². The van der Waals surface area contributed by atoms with E-state index in [0.29, 0.717) is 42.9 Å². The molecule has 0 saturated carbocycles. The molecule has 2 aromatic carbocycles. The zero-order chi connectivity index (χ0) is 22.9. The standard InChI is InChI=1S/C21H19F3N4O4/c22-21(23,24)13-2-5-15(6-3-13)27-8-1-9-28(11-10-27)19(30)18(29)25-14-4-7-16-17(12-14)32-20(31)26-16/h2-7,12H,1,8-11H2,(H,25,29)(H,26,31). The van der Waals surface area contributed by atoms with Crippen LogP contribution < -0.4 is 16.0 Å². The molecule has 1 aliphatic rings. The number of fused-ring (bicyclic) bond motifs is 1. The van der Waals surface area contributed by atoms with Crippen molar-refractivity contribution in [3.8, 4) is 0 Å². The largest absolute Gasteiger partial charge is 0.417 e. The number of nitrogens with one attached hydrogen (secondary N) is 2. The van der Waals surface area contributed by atoms with Gasteiger partial charge < -0.3 is 19.5 Å². The Labute approximate surface area is 179 Å². The van der Waals surface area contributed by atoms with E-state index in [9.17, 15) is 27.6 Å². The van der Waals surface area contributed by atoms with Crippen LogP contribution >= 0.6 is 0 Å². The van der Waals surface area contributed by atoms with E-state index < -0.39 is 29.3 Å². The van der Waals surface area contributed by atoms with Gasteiger partial charge in [0, 0.05) is 43.6 Å². The summed E-state index contributed by atoms with van der Waals surface area (Å²) in [5.74, 6) is -2.16. The molecule has 1 saturated heterocycles. The summed E-state index contributed by atoms with van der Waals surface area (Å²) >= 11 is 0. The van der Waals surface area contributed by atoms with Crippen molar-refractivity contribution >= 4 is 34.3 Å². The fraction of sp³-hybridized carbons (Fsp3) is 0.286. The zero-order valence-electron chi connectivity index (χ0n) is 16.7. The minimum absolute atomic E-state index is 0.249. The van der Waals surface area contributed by atoms with Gasteiger partial charge in [0.05, 0.1) is 11.1 Å². The van der Waals surface area contributed by atoms with Crippen molar-refractivity contribution in [1.29, 1.82) is 0 Å². The average molecular weight is 448 g/mol. The van der Waals surface area contributed by atoms with E-state index in [-0.39, 0.29) is 12.1 Å². The smallest absolute Gasteiger partial charge is 0.408 e. The molecule has 2 heterocycles. The fourth-order valence-corrected chi connectivity index (χ4v) is 3.59. The Kier molecular flexibility index (Phi) is 5.64. The Balaban J connectivity index is 1.38. The number of nitrogens with zero attached hydrogens (tertiary/aromatic N) is 2. The Morgan fingerprint density at radius 3 is 2.47 bits per heavy atom. The second-order valence-corrected chi connectivity index (χ2v) is 7.36. The first-order valence-electron chi connectivity index (χ1n) is 9.86. The highest BCUT2D eigenvalue weighted by Crippen LogP contribution is 2.30. The van der Waals surface area contributed by atoms with Crippen LogP contribution in [0.2, 0.25) is 0 Å². The third-order valence-electron chi connectivity index (χ3n) is 5.22. The number of oxazole rings is 1. The van der Waals surface area contributed by atoms with E-state index >= 15 is 0 Å². The summed E-state index contributed by atoms with van der Waals surface area (Å²) in [5.41, 5.74) is 0.928. The number of halogens is 3. The van der Waals surface area contributed by atoms with E-state index in [1.165, 1.54) is 29.2 Å². The van der Waals surface area contributed by atoms with Crippen molar-refractivity contribution < 1.29 is 27.2 Å². The predicted molar refractivity (Wildman–Crippen MR) is 110 cm³/mol. The topological polar surface area (TPSA) is 98.6 Å². The van der Waals surface area contributed by atoms with Crippen LogP contribution in [0, 0.1) is 0 Å². The van der Waals surface area contributed by atoms with Crippen LogP contribution in [0.15, 0.2) is 51.7 Å². The number of rotatable bonds is 2. The quantitative estimate of drug-likeness (QED) is 0.588. The molecule has 0 unspecified atom stereocenters. The third kappa shape index (κ3) is 4.61. The van der Waals surface area contributed by atoms with Crippen LogP contribution in [0.3, 0.4) is 0 Å². The van der Waals surface area contributed by atoms with Gasteiger partial charge in [0.1, 0.15) is 0 Å². The first kappa shape index (κ1) is 21.5. The Hall–Kier alpha value is -3.76. The van der Waals surface area contributed by atoms with Crippen molar-refractivity contribution in [3.05, 3.63) is 58.6 Å². The van der Waals surface area contributed by atoms with Crippen molar-refractivity contribution in [3.63, 3.8) is 0 Å². The summed E-state index contributed by atoms with van der Waals surface area (Å²) in [5, 5.41) is 2.50. The molecule has 0 bridgehead atoms. The third-order valence-corrected chi connectivity index (χ3v) is 5.22. The van der Waals surface area contributed by atoms with Crippen LogP contribution in [0.5, 0.6) is 0 Å². The minimum atomic E-state index is -4.40. The van der Waals surface area contributed by atoms with Gasteiger partial charge in [-0.2, -0.15) is 13.2 Å². The van der Waals surface area contributed by atoms with Gasteiger partial charge in [-0.15, -0.1) is 0 Å². The molecule has 0 spiro atoms. The number of hydrogen-bond acceptors (Lipinski definition) is 5. The summed E-state index contributed by atoms with van der Waals surface area (Å²) in [6, 6.07) is 9.39. The summed E-state index contributed by atoms with van der Waals surface area (Å²) in [7, 11) is 0. The van der Waals surface area contributed by atoms with Gasteiger partial charge in [-0.05, 0) is 42.8 Å². The Morgan fingerprint density at radius 2 is 1.75 bits per heavy atom. The SMILES string of the molecule is O=C(Nc1ccc2[nH]c(=O)oc2c1)C(=O)N1CCCN(c2ccc(C(F)(F)F)cc2)CC1. The van der Waals surface area contributed by atoms with Gasteiger partial charge >= 0.3 is 23.7 Å². The molecule has 32 heavy (non-hydrogen) atoms. The van der Waals surface area contributed by atoms with Gasteiger partial charge in [0.15, 0.2) is 5.58 Å². The fourth-order valence-electron chi connectivity index (χ4n) is 3.59. The molecule has 0 atom stereocenters. The zero-order valence-corrected chi connectivity index (χ0v) is 16.7. The number of amides is 2. The molecule has 1 aliphatic heterocycles. The lowest BCUT2D eigenvalue weighted by Crippen LogP contribution is -2.41. The van der Waals surface area contributed by atoms with E-state index in [1.54, 1.807) is 6.07 Å². The average Bonchev–Trinajstić information content (AvgIpc) is 2.95. The minimum Gasteiger partial charge on any atom is -0.408 e. The van der Waals surface area contributed by atoms with Gasteiger partial charge in [-0.3, -0.25) is 14.6 Å². The van der Waals surface area contributed by atoms with Gasteiger partial charge in [0.2, 0.25) is 0 Å². The van der Waals surface area contributed by atoms with E-state index in [4.69, 9.17) is 4.42 Å². The van der Waals surface area contributed by atoms with E-state index in [0.717, 1.165) is 12.1 Å². The Morgan fingerprint density at radius 1 is 1.00 bits per heavy atom. The number of aromatic amines is 1. The molecule has 3 aromatic rings. The van der Waals surface area contributed by atoms with Gasteiger partial charge in [-0.25, -0.2) is 4.79 Å². The van der Waals surface area contributed by atoms with Crippen molar-refractivity contribution in [2.45, 2.75) is 12.6 Å². The van der Waals surface area contributed by atoms with Crippen LogP contribution in [0.4, 0.5) is 24.5 Å². The lowest BCUT2D eigenvalue weighted by atomic mass is 10.2. The Bertz CT molecular complexity index is 1200. The molecule has 168 valence electrons. The summed E-state index contributed by atoms with van der Waals surface area (Å²) in [4.78, 5) is 42.0. The van der Waals surface area contributed by atoms with E-state index in [1.807, 2.05) is 4.90 Å². The number of H-pyrrole nitrogens is 1. The number of hydrogen-bond donors (Lipinski definition) is 2. The number of anilines is 2. The number of alkyl halides is 3. The molecule has 2 N–H and O–H groups in total. The first-order chi connectivity index (χ1) is 15.2. The predicted octanol–water partition coefficient (Wildman–Crippen LogP) is 2.82. The molecule has 1 aromatic heterocycles. The van der Waals surface area contributed by atoms with Crippen LogP contribution in [0.1, 0.15) is 12.0 Å². The summed E-state index contributed by atoms with van der Waals surface area (Å²) < 4.78 is 43.2. The summed E-state index contributed by atoms with van der Waals surface area (Å²) in [6.45, 7) is 1.51. The lowest BCUT2D eigenvalue weighted by molar-refractivity contribution is -0.143. The first-order valence-corrected chi connectivity index (χ1v) is 9.86. The van der Waals surface area contributed by atoms with Gasteiger partial charge in [0.25, 0.3) is 0 Å². The molecular weight excluding hydrogens is 429 g/mol. The molecule has 2 amide bonds. The maximum absolute atomic E-state index is 12.8. The number of carbonyl (C=O) groups is 2. The van der Waals surface area contributed by atoms with Crippen LogP contribution in [-0.2, 0) is 15.8 Å². The van der Waals surface area contributed by atoms with Crippen molar-refractivity contribution in [2.75, 3.05) is 36.4 Å². The molecule has 0 aliphatic carbocycles. The second-order valence-electron chi connectivity index (χ2n) is 7.36. The highest BCUT2D eigenvalue weighted by atomic mass is 19.4. The second kappa shape index (κ2) is 8.40. The molecule has 8 nitrogen and oxygen atoms in total. The van der Waals surface area contributed by atoms with Crippen LogP contribution in [0.25, 0.3) is 11.1 Å². The molecule has 0 radical (unpaired) electrons. The highest BCUT2D eigenvalue weighted by molar-refractivity contribution is 6.39. The monoisotopic (exact) mass is 448 g/mol. The maximum atomic E-state index is 12.8. The van der Waals surface area contributed by atoms with Crippen molar-refractivity contribution in [2.24, 2.45) is 0 Å². The molecule has 11 heteroatoms. The number of aromatic nitrogens is 1. The molecule has 1 fully saturated rings. The number of benzene rings is 2. The normalized spacial score (nSPS) is 15.0. The van der Waals surface area contributed by atoms with Crippen molar-refractivity contribution in [1.82, 2.24) is 9.88 Å². The molecular formula is C21H19F3N4O4.